The van der Waals surface area contributed by atoms with E-state index in [2.05, 4.69) is 39.5 Å². The molecule has 144 valence electrons. The van der Waals surface area contributed by atoms with Crippen molar-refractivity contribution < 1.29 is 9.53 Å². The monoisotopic (exact) mass is 376 g/mol. The number of hydrogen-bond acceptors (Lipinski definition) is 4. The van der Waals surface area contributed by atoms with E-state index in [9.17, 15) is 4.79 Å². The van der Waals surface area contributed by atoms with Crippen LogP contribution in [0.15, 0.2) is 60.8 Å². The third-order valence-electron chi connectivity index (χ3n) is 5.06. The third kappa shape index (κ3) is 4.07. The summed E-state index contributed by atoms with van der Waals surface area (Å²) in [6.45, 7) is 3.50. The number of fused-ring (bicyclic) bond motifs is 1. The molecule has 1 aliphatic heterocycles. The van der Waals surface area contributed by atoms with E-state index >= 15 is 0 Å². The van der Waals surface area contributed by atoms with Gasteiger partial charge in [-0.2, -0.15) is 0 Å². The van der Waals surface area contributed by atoms with Gasteiger partial charge >= 0.3 is 0 Å². The molecule has 0 saturated heterocycles. The lowest BCUT2D eigenvalue weighted by Gasteiger charge is -2.19. The zero-order valence-corrected chi connectivity index (χ0v) is 16.0. The molecule has 2 aromatic carbocycles. The fourth-order valence-corrected chi connectivity index (χ4v) is 3.52. The van der Waals surface area contributed by atoms with Gasteiger partial charge in [0.05, 0.1) is 13.3 Å². The first-order valence-corrected chi connectivity index (χ1v) is 9.49. The third-order valence-corrected chi connectivity index (χ3v) is 5.06. The summed E-state index contributed by atoms with van der Waals surface area (Å²) in [6, 6.07) is 17.8. The molecule has 6 nitrogen and oxygen atoms in total. The maximum atomic E-state index is 12.8. The molecule has 0 fully saturated rings. The summed E-state index contributed by atoms with van der Waals surface area (Å²) >= 11 is 0. The lowest BCUT2D eigenvalue weighted by molar-refractivity contribution is 0.101. The van der Waals surface area contributed by atoms with E-state index in [1.165, 1.54) is 5.56 Å². The van der Waals surface area contributed by atoms with Gasteiger partial charge in [-0.3, -0.25) is 9.69 Å². The number of benzene rings is 2. The van der Waals surface area contributed by atoms with Crippen molar-refractivity contribution in [1.82, 2.24) is 14.5 Å². The number of nitrogens with one attached hydrogen (secondary N) is 1. The topological polar surface area (TPSA) is 59.4 Å². The van der Waals surface area contributed by atoms with E-state index in [-0.39, 0.29) is 5.91 Å². The molecule has 2 heterocycles. The quantitative estimate of drug-likeness (QED) is 0.743. The number of carbonyl (C=O) groups is 1. The maximum Gasteiger partial charge on any atom is 0.273 e. The number of methoxy groups -OCH3 is 1. The number of nitrogens with zero attached hydrogens (tertiary/aromatic N) is 3. The minimum Gasteiger partial charge on any atom is -0.497 e. The number of hydrogen-bond donors (Lipinski definition) is 1. The van der Waals surface area contributed by atoms with E-state index < -0.39 is 0 Å². The first kappa shape index (κ1) is 18.3. The van der Waals surface area contributed by atoms with Crippen molar-refractivity contribution in [2.24, 2.45) is 0 Å². The van der Waals surface area contributed by atoms with Crippen LogP contribution in [0.1, 0.15) is 21.9 Å². The molecule has 0 saturated carbocycles. The highest BCUT2D eigenvalue weighted by Crippen LogP contribution is 2.18. The van der Waals surface area contributed by atoms with E-state index in [0.717, 1.165) is 49.9 Å². The minimum atomic E-state index is -0.138. The first-order chi connectivity index (χ1) is 13.7. The molecule has 1 aliphatic rings. The van der Waals surface area contributed by atoms with Crippen molar-refractivity contribution in [2.45, 2.75) is 19.5 Å². The minimum absolute atomic E-state index is 0.138. The van der Waals surface area contributed by atoms with Crippen molar-refractivity contribution >= 4 is 11.6 Å². The van der Waals surface area contributed by atoms with Gasteiger partial charge in [-0.05, 0) is 29.8 Å². The zero-order valence-electron chi connectivity index (χ0n) is 16.0. The Kier molecular flexibility index (Phi) is 5.39. The number of ether oxygens (including phenoxy) is 1. The van der Waals surface area contributed by atoms with Crippen LogP contribution in [-0.2, 0) is 19.5 Å². The SMILES string of the molecule is COc1ccc(NC(=O)c2cnc3n2CCN(Cc2ccccc2)CC3)cc1. The standard InChI is InChI=1S/C22H24N4O2/c1-28-19-9-7-18(8-10-19)24-22(27)20-15-23-21-11-12-25(13-14-26(20)21)16-17-5-3-2-4-6-17/h2-10,15H,11-14,16H2,1H3,(H,24,27). The van der Waals surface area contributed by atoms with E-state index in [1.807, 2.05) is 34.9 Å². The molecule has 0 unspecified atom stereocenters. The summed E-state index contributed by atoms with van der Waals surface area (Å²) in [5.74, 6) is 1.59. The van der Waals surface area contributed by atoms with Crippen LogP contribution in [0.25, 0.3) is 0 Å². The molecule has 4 rings (SSSR count). The van der Waals surface area contributed by atoms with Gasteiger partial charge in [-0.15, -0.1) is 0 Å². The molecular weight excluding hydrogens is 352 g/mol. The van der Waals surface area contributed by atoms with Gasteiger partial charge in [0, 0.05) is 38.3 Å². The van der Waals surface area contributed by atoms with Gasteiger partial charge in [-0.25, -0.2) is 4.98 Å². The Bertz CT molecular complexity index is 935. The van der Waals surface area contributed by atoms with Gasteiger partial charge in [0.1, 0.15) is 17.3 Å². The molecule has 0 spiro atoms. The lowest BCUT2D eigenvalue weighted by atomic mass is 10.2. The Balaban J connectivity index is 1.43. The number of imidazole rings is 1. The molecule has 3 aromatic rings. The number of anilines is 1. The molecule has 1 N–H and O–H groups in total. The highest BCUT2D eigenvalue weighted by molar-refractivity contribution is 6.03. The largest absolute Gasteiger partial charge is 0.497 e. The predicted molar refractivity (Wildman–Crippen MR) is 109 cm³/mol. The van der Waals surface area contributed by atoms with Crippen LogP contribution in [0.5, 0.6) is 5.75 Å². The first-order valence-electron chi connectivity index (χ1n) is 9.49. The second kappa shape index (κ2) is 8.27. The summed E-state index contributed by atoms with van der Waals surface area (Å²) in [5, 5.41) is 2.95. The van der Waals surface area contributed by atoms with Gasteiger partial charge < -0.3 is 14.6 Å². The van der Waals surface area contributed by atoms with Crippen LogP contribution >= 0.6 is 0 Å². The molecule has 0 atom stereocenters. The van der Waals surface area contributed by atoms with Gasteiger partial charge in [0.2, 0.25) is 0 Å². The Hall–Kier alpha value is -3.12. The Morgan fingerprint density at radius 2 is 1.86 bits per heavy atom. The Morgan fingerprint density at radius 3 is 2.61 bits per heavy atom. The summed E-state index contributed by atoms with van der Waals surface area (Å²) in [7, 11) is 1.62. The molecule has 0 aliphatic carbocycles. The van der Waals surface area contributed by atoms with Crippen LogP contribution in [-0.4, -0.2) is 40.6 Å². The Labute approximate surface area is 164 Å². The molecule has 28 heavy (non-hydrogen) atoms. The van der Waals surface area contributed by atoms with Crippen LogP contribution in [0, 0.1) is 0 Å². The van der Waals surface area contributed by atoms with Crippen LogP contribution in [0.2, 0.25) is 0 Å². The molecule has 1 aromatic heterocycles. The fourth-order valence-electron chi connectivity index (χ4n) is 3.52. The molecule has 0 radical (unpaired) electrons. The van der Waals surface area contributed by atoms with Crippen LogP contribution in [0.3, 0.4) is 0 Å². The maximum absolute atomic E-state index is 12.8. The number of carbonyl (C=O) groups excluding carboxylic acids is 1. The second-order valence-corrected chi connectivity index (χ2v) is 6.91. The summed E-state index contributed by atoms with van der Waals surface area (Å²) in [6.07, 6.45) is 2.52. The number of rotatable bonds is 5. The summed E-state index contributed by atoms with van der Waals surface area (Å²) < 4.78 is 7.20. The smallest absolute Gasteiger partial charge is 0.273 e. The van der Waals surface area contributed by atoms with Gasteiger partial charge in [0.15, 0.2) is 0 Å². The van der Waals surface area contributed by atoms with Crippen LogP contribution < -0.4 is 10.1 Å². The van der Waals surface area contributed by atoms with Crippen molar-refractivity contribution in [3.8, 4) is 5.75 Å². The average molecular weight is 376 g/mol. The van der Waals surface area contributed by atoms with E-state index in [4.69, 9.17) is 4.74 Å². The molecule has 6 heteroatoms. The highest BCUT2D eigenvalue weighted by Gasteiger charge is 2.21. The van der Waals surface area contributed by atoms with Crippen molar-refractivity contribution in [3.63, 3.8) is 0 Å². The normalized spacial score (nSPS) is 14.2. The lowest BCUT2D eigenvalue weighted by Crippen LogP contribution is -2.27. The highest BCUT2D eigenvalue weighted by atomic mass is 16.5. The molecule has 1 amide bonds. The Morgan fingerprint density at radius 1 is 1.07 bits per heavy atom. The van der Waals surface area contributed by atoms with E-state index in [1.54, 1.807) is 13.3 Å². The fraction of sp³-hybridized carbons (Fsp3) is 0.273. The number of amides is 1. The van der Waals surface area contributed by atoms with Gasteiger partial charge in [-0.1, -0.05) is 30.3 Å². The predicted octanol–water partition coefficient (Wildman–Crippen LogP) is 3.20. The average Bonchev–Trinajstić information content (AvgIpc) is 3.04. The van der Waals surface area contributed by atoms with E-state index in [0.29, 0.717) is 5.69 Å². The molecular formula is C22H24N4O2. The summed E-state index contributed by atoms with van der Waals surface area (Å²) in [5.41, 5.74) is 2.65. The molecule has 0 bridgehead atoms. The van der Waals surface area contributed by atoms with Crippen molar-refractivity contribution in [1.29, 1.82) is 0 Å². The second-order valence-electron chi connectivity index (χ2n) is 6.91. The zero-order chi connectivity index (χ0) is 19.3. The number of aromatic nitrogens is 2. The van der Waals surface area contributed by atoms with Gasteiger partial charge in [0.25, 0.3) is 5.91 Å². The van der Waals surface area contributed by atoms with Crippen molar-refractivity contribution in [3.05, 3.63) is 77.9 Å². The van der Waals surface area contributed by atoms with Crippen LogP contribution in [0.4, 0.5) is 5.69 Å². The van der Waals surface area contributed by atoms with Crippen molar-refractivity contribution in [2.75, 3.05) is 25.5 Å². The summed E-state index contributed by atoms with van der Waals surface area (Å²) in [4.78, 5) is 19.7.